The number of aryl methyl sites for hydroxylation is 1. The van der Waals surface area contributed by atoms with Gasteiger partial charge in [-0.3, -0.25) is 14.9 Å². The second-order valence-electron chi connectivity index (χ2n) is 5.86. The number of Topliss-reactive ketones (excluding diaryl/α,β-unsaturated/α-hetero) is 1. The summed E-state index contributed by atoms with van der Waals surface area (Å²) >= 11 is 1.16. The normalized spacial score (nSPS) is 11.9. The molecule has 0 aliphatic rings. The van der Waals surface area contributed by atoms with Crippen molar-refractivity contribution in [3.8, 4) is 11.5 Å². The summed E-state index contributed by atoms with van der Waals surface area (Å²) in [5, 5.41) is 18.6. The third kappa shape index (κ3) is 4.40. The lowest BCUT2D eigenvalue weighted by Crippen LogP contribution is -2.13. The van der Waals surface area contributed by atoms with Gasteiger partial charge >= 0.3 is 0 Å². The second kappa shape index (κ2) is 8.13. The van der Waals surface area contributed by atoms with Crippen LogP contribution in [0.3, 0.4) is 0 Å². The van der Waals surface area contributed by atoms with Crippen molar-refractivity contribution in [2.45, 2.75) is 30.7 Å². The molecule has 7 nitrogen and oxygen atoms in total. The summed E-state index contributed by atoms with van der Waals surface area (Å²) in [6.07, 6.45) is 0.918. The molecule has 8 heteroatoms. The van der Waals surface area contributed by atoms with Crippen molar-refractivity contribution in [3.05, 3.63) is 69.8 Å². The van der Waals surface area contributed by atoms with Crippen LogP contribution in [0.25, 0.3) is 11.5 Å². The van der Waals surface area contributed by atoms with Crippen molar-refractivity contribution in [2.24, 2.45) is 0 Å². The minimum absolute atomic E-state index is 0.0299. The van der Waals surface area contributed by atoms with E-state index in [-0.39, 0.29) is 22.6 Å². The van der Waals surface area contributed by atoms with Gasteiger partial charge in [-0.2, -0.15) is 0 Å². The number of nitro groups is 1. The third-order valence-electron chi connectivity index (χ3n) is 4.00. The van der Waals surface area contributed by atoms with Crippen LogP contribution < -0.4 is 0 Å². The number of carbonyl (C=O) groups excluding carboxylic acids is 1. The monoisotopic (exact) mass is 383 g/mol. The first-order valence-electron chi connectivity index (χ1n) is 8.36. The average Bonchev–Trinajstić information content (AvgIpc) is 3.16. The van der Waals surface area contributed by atoms with Crippen LogP contribution in [0.2, 0.25) is 0 Å². The van der Waals surface area contributed by atoms with Crippen molar-refractivity contribution in [1.29, 1.82) is 0 Å². The Bertz CT molecular complexity index is 969. The highest BCUT2D eigenvalue weighted by Crippen LogP contribution is 2.29. The quantitative estimate of drug-likeness (QED) is 0.255. The lowest BCUT2D eigenvalue weighted by Gasteiger charge is -2.08. The van der Waals surface area contributed by atoms with Crippen molar-refractivity contribution >= 4 is 23.2 Å². The summed E-state index contributed by atoms with van der Waals surface area (Å²) in [5.74, 6) is 0.144. The lowest BCUT2D eigenvalue weighted by molar-refractivity contribution is -0.384. The van der Waals surface area contributed by atoms with Crippen molar-refractivity contribution < 1.29 is 14.1 Å². The lowest BCUT2D eigenvalue weighted by atomic mass is 10.1. The molecular formula is C19H17N3O4S. The number of aromatic nitrogens is 2. The number of benzene rings is 2. The molecule has 0 unspecified atom stereocenters. The van der Waals surface area contributed by atoms with Crippen LogP contribution in [0, 0.1) is 10.1 Å². The summed E-state index contributed by atoms with van der Waals surface area (Å²) in [4.78, 5) is 23.0. The molecule has 0 aliphatic heterocycles. The fourth-order valence-electron chi connectivity index (χ4n) is 2.47. The predicted molar refractivity (Wildman–Crippen MR) is 102 cm³/mol. The van der Waals surface area contributed by atoms with E-state index in [1.165, 1.54) is 17.7 Å². The van der Waals surface area contributed by atoms with Crippen LogP contribution in [0.15, 0.2) is 58.2 Å². The number of rotatable bonds is 7. The maximum Gasteiger partial charge on any atom is 0.277 e. The maximum atomic E-state index is 12.6. The van der Waals surface area contributed by atoms with Gasteiger partial charge in [-0.1, -0.05) is 49.0 Å². The molecule has 0 aliphatic carbocycles. The molecule has 0 spiro atoms. The number of nitrogens with zero attached hydrogens (tertiary/aromatic N) is 3. The second-order valence-corrected chi connectivity index (χ2v) is 7.15. The third-order valence-corrected chi connectivity index (χ3v) is 4.94. The molecule has 0 bridgehead atoms. The molecule has 0 radical (unpaired) electrons. The Balaban J connectivity index is 1.72. The zero-order chi connectivity index (χ0) is 19.4. The standard InChI is InChI=1S/C19H17N3O4S/c1-3-13-7-9-14(10-8-13)17(23)12(2)27-19-21-20-18(26-19)15-5-4-6-16(11-15)22(24)25/h4-12H,3H2,1-2H3/t12-/m1/s1. The highest BCUT2D eigenvalue weighted by molar-refractivity contribution is 8.00. The summed E-state index contributed by atoms with van der Waals surface area (Å²) in [6.45, 7) is 3.84. The first kappa shape index (κ1) is 18.8. The van der Waals surface area contributed by atoms with Gasteiger partial charge in [0.25, 0.3) is 10.9 Å². The van der Waals surface area contributed by atoms with E-state index >= 15 is 0 Å². The summed E-state index contributed by atoms with van der Waals surface area (Å²) in [6, 6.07) is 13.5. The van der Waals surface area contributed by atoms with Crippen molar-refractivity contribution in [3.63, 3.8) is 0 Å². The van der Waals surface area contributed by atoms with Gasteiger partial charge in [0.15, 0.2) is 5.78 Å². The molecule has 1 atom stereocenters. The largest absolute Gasteiger partial charge is 0.411 e. The van der Waals surface area contributed by atoms with E-state index in [1.54, 1.807) is 19.1 Å². The van der Waals surface area contributed by atoms with Crippen molar-refractivity contribution in [2.75, 3.05) is 0 Å². The van der Waals surface area contributed by atoms with E-state index in [9.17, 15) is 14.9 Å². The van der Waals surface area contributed by atoms with Gasteiger partial charge in [0, 0.05) is 23.3 Å². The summed E-state index contributed by atoms with van der Waals surface area (Å²) in [7, 11) is 0. The van der Waals surface area contributed by atoms with Crippen molar-refractivity contribution in [1.82, 2.24) is 10.2 Å². The van der Waals surface area contributed by atoms with E-state index in [1.807, 2.05) is 24.3 Å². The van der Waals surface area contributed by atoms with Crippen LogP contribution in [0.1, 0.15) is 29.8 Å². The van der Waals surface area contributed by atoms with Crippen LogP contribution in [0.5, 0.6) is 0 Å². The molecule has 1 aromatic heterocycles. The minimum Gasteiger partial charge on any atom is -0.411 e. The predicted octanol–water partition coefficient (Wildman–Crippen LogP) is 4.57. The molecule has 138 valence electrons. The molecule has 0 N–H and O–H groups in total. The zero-order valence-corrected chi connectivity index (χ0v) is 15.6. The molecule has 0 fully saturated rings. The Hall–Kier alpha value is -3.00. The number of hydrogen-bond acceptors (Lipinski definition) is 7. The van der Waals surface area contributed by atoms with Gasteiger partial charge in [-0.25, -0.2) is 0 Å². The molecule has 2 aromatic carbocycles. The number of hydrogen-bond donors (Lipinski definition) is 0. The molecule has 3 aromatic rings. The van der Waals surface area contributed by atoms with E-state index in [0.717, 1.165) is 18.2 Å². The average molecular weight is 383 g/mol. The molecule has 0 saturated heterocycles. The van der Waals surface area contributed by atoms with Gasteiger partial charge in [0.2, 0.25) is 5.89 Å². The van der Waals surface area contributed by atoms with Gasteiger partial charge in [0.1, 0.15) is 0 Å². The van der Waals surface area contributed by atoms with Crippen LogP contribution in [0.4, 0.5) is 5.69 Å². The van der Waals surface area contributed by atoms with Crippen LogP contribution >= 0.6 is 11.8 Å². The zero-order valence-electron chi connectivity index (χ0n) is 14.8. The maximum absolute atomic E-state index is 12.6. The highest BCUT2D eigenvalue weighted by atomic mass is 32.2. The Morgan fingerprint density at radius 3 is 2.63 bits per heavy atom. The topological polar surface area (TPSA) is 99.1 Å². The Morgan fingerprint density at radius 1 is 1.22 bits per heavy atom. The first-order valence-corrected chi connectivity index (χ1v) is 9.24. The number of nitro benzene ring substituents is 1. The molecule has 1 heterocycles. The van der Waals surface area contributed by atoms with Crippen LogP contribution in [-0.2, 0) is 6.42 Å². The van der Waals surface area contributed by atoms with E-state index in [4.69, 9.17) is 4.42 Å². The van der Waals surface area contributed by atoms with Crippen LogP contribution in [-0.4, -0.2) is 26.2 Å². The van der Waals surface area contributed by atoms with E-state index < -0.39 is 10.2 Å². The summed E-state index contributed by atoms with van der Waals surface area (Å²) in [5.41, 5.74) is 2.20. The SMILES string of the molecule is CCc1ccc(C(=O)[C@@H](C)Sc2nnc(-c3cccc([N+](=O)[O-])c3)o2)cc1. The smallest absolute Gasteiger partial charge is 0.277 e. The fourth-order valence-corrected chi connectivity index (χ4v) is 3.23. The van der Waals surface area contributed by atoms with Gasteiger partial charge in [0.05, 0.1) is 10.2 Å². The highest BCUT2D eigenvalue weighted by Gasteiger charge is 2.20. The molecule has 3 rings (SSSR count). The first-order chi connectivity index (χ1) is 13.0. The molecular weight excluding hydrogens is 366 g/mol. The van der Waals surface area contributed by atoms with Gasteiger partial charge in [-0.15, -0.1) is 10.2 Å². The molecule has 0 amide bonds. The minimum atomic E-state index is -0.486. The molecule has 27 heavy (non-hydrogen) atoms. The summed E-state index contributed by atoms with van der Waals surface area (Å²) < 4.78 is 5.56. The Kier molecular flexibility index (Phi) is 5.66. The van der Waals surface area contributed by atoms with E-state index in [0.29, 0.717) is 11.1 Å². The number of ketones is 1. The number of thioether (sulfide) groups is 1. The fraction of sp³-hybridized carbons (Fsp3) is 0.211. The number of carbonyl (C=O) groups is 1. The Labute approximate surface area is 160 Å². The van der Waals surface area contributed by atoms with E-state index in [2.05, 4.69) is 17.1 Å². The van der Waals surface area contributed by atoms with Gasteiger partial charge < -0.3 is 4.42 Å². The molecule has 0 saturated carbocycles. The van der Waals surface area contributed by atoms with Gasteiger partial charge in [-0.05, 0) is 25.0 Å². The Morgan fingerprint density at radius 2 is 1.96 bits per heavy atom. The number of non-ortho nitro benzene ring substituents is 1.